The maximum absolute atomic E-state index is 12.1. The topological polar surface area (TPSA) is 96.5 Å². The first-order chi connectivity index (χ1) is 11.2. The van der Waals surface area contributed by atoms with E-state index in [-0.39, 0.29) is 11.8 Å². The van der Waals surface area contributed by atoms with Crippen LogP contribution in [0.1, 0.15) is 47.0 Å². The molecule has 0 spiro atoms. The first-order valence-electron chi connectivity index (χ1n) is 8.12. The third-order valence-electron chi connectivity index (χ3n) is 3.55. The number of rotatable bonds is 10. The van der Waals surface area contributed by atoms with Gasteiger partial charge in [-0.1, -0.05) is 25.6 Å². The van der Waals surface area contributed by atoms with Crippen molar-refractivity contribution in [3.63, 3.8) is 0 Å². The van der Waals surface area contributed by atoms with Gasteiger partial charge in [-0.3, -0.25) is 9.59 Å². The van der Waals surface area contributed by atoms with E-state index in [1.807, 2.05) is 13.8 Å². The fraction of sp³-hybridized carbons (Fsp3) is 0.750. The van der Waals surface area contributed by atoms with E-state index in [0.717, 1.165) is 30.8 Å². The summed E-state index contributed by atoms with van der Waals surface area (Å²) in [5.74, 6) is -1.32. The minimum absolute atomic E-state index is 0.178. The van der Waals surface area contributed by atoms with Crippen LogP contribution in [0.25, 0.3) is 0 Å². The van der Waals surface area contributed by atoms with Crippen LogP contribution in [0, 0.1) is 5.92 Å². The number of thiocarbonyl (C=S) groups is 1. The van der Waals surface area contributed by atoms with Crippen LogP contribution in [0.3, 0.4) is 0 Å². The molecule has 2 amide bonds. The van der Waals surface area contributed by atoms with Gasteiger partial charge in [0.05, 0.1) is 12.1 Å². The molecule has 7 nitrogen and oxygen atoms in total. The Kier molecular flexibility index (Phi) is 10.9. The van der Waals surface area contributed by atoms with Gasteiger partial charge in [0.25, 0.3) is 0 Å². The van der Waals surface area contributed by atoms with Crippen LogP contribution in [-0.2, 0) is 19.1 Å². The number of esters is 1. The fourth-order valence-electron chi connectivity index (χ4n) is 1.97. The number of ether oxygens (including phenoxy) is 1. The Bertz CT molecular complexity index is 457. The SMILES string of the molecule is COC(=O)[C@H](C)NC(=O)[C@H](C)NC(=O)C(C)CCCCNC(C)=S. The lowest BCUT2D eigenvalue weighted by Gasteiger charge is -2.19. The van der Waals surface area contributed by atoms with Crippen molar-refractivity contribution >= 4 is 35.0 Å². The van der Waals surface area contributed by atoms with Gasteiger partial charge in [-0.05, 0) is 33.6 Å². The number of hydrogen-bond acceptors (Lipinski definition) is 5. The highest BCUT2D eigenvalue weighted by Crippen LogP contribution is 2.08. The monoisotopic (exact) mass is 359 g/mol. The van der Waals surface area contributed by atoms with E-state index in [9.17, 15) is 14.4 Å². The van der Waals surface area contributed by atoms with Crippen molar-refractivity contribution in [2.75, 3.05) is 13.7 Å². The number of carbonyl (C=O) groups is 3. The van der Waals surface area contributed by atoms with Crippen LogP contribution in [-0.4, -0.2) is 48.5 Å². The van der Waals surface area contributed by atoms with E-state index in [2.05, 4.69) is 20.7 Å². The summed E-state index contributed by atoms with van der Waals surface area (Å²) in [6, 6.07) is -1.47. The highest BCUT2D eigenvalue weighted by Gasteiger charge is 2.22. The molecule has 0 aliphatic heterocycles. The lowest BCUT2D eigenvalue weighted by molar-refractivity contribution is -0.144. The van der Waals surface area contributed by atoms with E-state index in [4.69, 9.17) is 12.2 Å². The molecule has 0 rings (SSSR count). The number of carbonyl (C=O) groups excluding carboxylic acids is 3. The summed E-state index contributed by atoms with van der Waals surface area (Å²) in [5, 5.41) is 8.23. The summed E-state index contributed by atoms with van der Waals surface area (Å²) in [4.78, 5) is 36.1. The Morgan fingerprint density at radius 2 is 1.58 bits per heavy atom. The number of hydrogen-bond donors (Lipinski definition) is 3. The molecule has 0 radical (unpaired) electrons. The Balaban J connectivity index is 4.12. The van der Waals surface area contributed by atoms with Gasteiger partial charge in [-0.15, -0.1) is 0 Å². The first-order valence-corrected chi connectivity index (χ1v) is 8.52. The molecule has 138 valence electrons. The molecule has 0 heterocycles. The molecule has 0 aromatic carbocycles. The maximum Gasteiger partial charge on any atom is 0.328 e. The van der Waals surface area contributed by atoms with E-state index >= 15 is 0 Å². The third kappa shape index (κ3) is 9.44. The van der Waals surface area contributed by atoms with E-state index < -0.39 is 24.0 Å². The molecule has 8 heteroatoms. The minimum atomic E-state index is -0.753. The Morgan fingerprint density at radius 1 is 1.00 bits per heavy atom. The quantitative estimate of drug-likeness (QED) is 0.305. The standard InChI is InChI=1S/C16H29N3O4S/c1-10(8-6-7-9-17-13(4)24)14(20)18-11(2)15(21)19-12(3)16(22)23-5/h10-12H,6-9H2,1-5H3,(H,17,24)(H,18,20)(H,19,21)/t10?,11-,12-/m0/s1. The molecule has 1 unspecified atom stereocenters. The summed E-state index contributed by atoms with van der Waals surface area (Å²) in [5.41, 5.74) is 0. The van der Waals surface area contributed by atoms with Gasteiger partial charge >= 0.3 is 5.97 Å². The van der Waals surface area contributed by atoms with Crippen LogP contribution < -0.4 is 16.0 Å². The minimum Gasteiger partial charge on any atom is -0.467 e. The lowest BCUT2D eigenvalue weighted by Crippen LogP contribution is -2.50. The average Bonchev–Trinajstić information content (AvgIpc) is 2.52. The maximum atomic E-state index is 12.1. The van der Waals surface area contributed by atoms with E-state index in [1.165, 1.54) is 14.0 Å². The zero-order valence-electron chi connectivity index (χ0n) is 15.1. The van der Waals surface area contributed by atoms with Crippen LogP contribution in [0.2, 0.25) is 0 Å². The molecule has 3 atom stereocenters. The van der Waals surface area contributed by atoms with E-state index in [0.29, 0.717) is 0 Å². The van der Waals surface area contributed by atoms with Crippen molar-refractivity contribution in [1.29, 1.82) is 0 Å². The summed E-state index contributed by atoms with van der Waals surface area (Å²) in [7, 11) is 1.25. The van der Waals surface area contributed by atoms with Gasteiger partial charge in [0.15, 0.2) is 0 Å². The largest absolute Gasteiger partial charge is 0.467 e. The van der Waals surface area contributed by atoms with Crippen molar-refractivity contribution in [3.8, 4) is 0 Å². The van der Waals surface area contributed by atoms with Crippen LogP contribution >= 0.6 is 12.2 Å². The molecule has 0 aromatic rings. The highest BCUT2D eigenvalue weighted by atomic mass is 32.1. The lowest BCUT2D eigenvalue weighted by atomic mass is 10.0. The normalized spacial score (nSPS) is 14.0. The molecule has 0 aromatic heterocycles. The summed E-state index contributed by atoms with van der Waals surface area (Å²) in [6.45, 7) is 7.56. The molecule has 0 fully saturated rings. The molecule has 0 saturated carbocycles. The molecular formula is C16H29N3O4S. The number of methoxy groups -OCH3 is 1. The van der Waals surface area contributed by atoms with Gasteiger partial charge in [0.2, 0.25) is 11.8 Å². The molecule has 3 N–H and O–H groups in total. The Morgan fingerprint density at radius 3 is 2.12 bits per heavy atom. The smallest absolute Gasteiger partial charge is 0.328 e. The van der Waals surface area contributed by atoms with Crippen molar-refractivity contribution in [3.05, 3.63) is 0 Å². The second kappa shape index (κ2) is 11.8. The summed E-state index contributed by atoms with van der Waals surface area (Å²) >= 11 is 4.92. The van der Waals surface area contributed by atoms with Gasteiger partial charge in [-0.2, -0.15) is 0 Å². The Labute approximate surface area is 149 Å². The zero-order chi connectivity index (χ0) is 18.7. The second-order valence-electron chi connectivity index (χ2n) is 5.86. The highest BCUT2D eigenvalue weighted by molar-refractivity contribution is 7.80. The molecule has 0 saturated heterocycles. The average molecular weight is 359 g/mol. The van der Waals surface area contributed by atoms with Crippen LogP contribution in [0.5, 0.6) is 0 Å². The summed E-state index contributed by atoms with van der Waals surface area (Å²) in [6.07, 6.45) is 2.55. The number of nitrogens with one attached hydrogen (secondary N) is 3. The van der Waals surface area contributed by atoms with Gasteiger partial charge in [-0.25, -0.2) is 4.79 Å². The predicted octanol–water partition coefficient (Wildman–Crippen LogP) is 0.912. The van der Waals surface area contributed by atoms with Gasteiger partial charge in [0.1, 0.15) is 12.1 Å². The Hall–Kier alpha value is -1.70. The zero-order valence-corrected chi connectivity index (χ0v) is 15.9. The van der Waals surface area contributed by atoms with Crippen molar-refractivity contribution < 1.29 is 19.1 Å². The fourth-order valence-corrected chi connectivity index (χ4v) is 2.07. The van der Waals surface area contributed by atoms with E-state index in [1.54, 1.807) is 6.92 Å². The molecule has 0 bridgehead atoms. The third-order valence-corrected chi connectivity index (χ3v) is 3.70. The summed E-state index contributed by atoms with van der Waals surface area (Å²) < 4.78 is 4.54. The van der Waals surface area contributed by atoms with Crippen molar-refractivity contribution in [1.82, 2.24) is 16.0 Å². The number of unbranched alkanes of at least 4 members (excludes halogenated alkanes) is 1. The molecule has 0 aliphatic rings. The van der Waals surface area contributed by atoms with Gasteiger partial charge in [0, 0.05) is 12.5 Å². The number of amides is 2. The van der Waals surface area contributed by atoms with Crippen LogP contribution in [0.15, 0.2) is 0 Å². The van der Waals surface area contributed by atoms with Crippen molar-refractivity contribution in [2.45, 2.75) is 59.0 Å². The predicted molar refractivity (Wildman–Crippen MR) is 96.5 cm³/mol. The second-order valence-corrected chi connectivity index (χ2v) is 6.48. The molecule has 24 heavy (non-hydrogen) atoms. The van der Waals surface area contributed by atoms with Crippen LogP contribution in [0.4, 0.5) is 0 Å². The molecule has 0 aliphatic carbocycles. The van der Waals surface area contributed by atoms with Gasteiger partial charge < -0.3 is 20.7 Å². The van der Waals surface area contributed by atoms with Crippen molar-refractivity contribution in [2.24, 2.45) is 5.92 Å². The molecular weight excluding hydrogens is 330 g/mol. The first kappa shape index (κ1) is 22.3.